The van der Waals surface area contributed by atoms with E-state index in [4.69, 9.17) is 14.2 Å². The Morgan fingerprint density at radius 2 is 1.74 bits per heavy atom. The van der Waals surface area contributed by atoms with Crippen molar-refractivity contribution in [3.8, 4) is 0 Å². The smallest absolute Gasteiger partial charge is 0.168 e. The molecule has 0 unspecified atom stereocenters. The van der Waals surface area contributed by atoms with Crippen molar-refractivity contribution in [1.29, 1.82) is 0 Å². The van der Waals surface area contributed by atoms with Gasteiger partial charge in [0.15, 0.2) is 5.79 Å². The lowest BCUT2D eigenvalue weighted by Crippen LogP contribution is -2.60. The number of hydrogen-bond acceptors (Lipinski definition) is 3. The van der Waals surface area contributed by atoms with Crippen LogP contribution >= 0.6 is 0 Å². The Morgan fingerprint density at radius 3 is 2.45 bits per heavy atom. The van der Waals surface area contributed by atoms with E-state index in [9.17, 15) is 0 Å². The molecule has 176 valence electrons. The molecule has 1 heterocycles. The van der Waals surface area contributed by atoms with Crippen LogP contribution in [0.25, 0.3) is 0 Å². The standard InChI is InChI=1S/C28H46O3/c1-6-20-9-11-23-22-10-8-21-16-28(30-17-25(3,4)18-31-28)15-14-27(21,19-29-7-2)24(22)12-13-26(20,23)5/h6,21-24H,7-19H2,1-5H3/t21-,22+,23+,24+,26-,27-/m1/s1. The fourth-order valence-corrected chi connectivity index (χ4v) is 8.89. The zero-order valence-electron chi connectivity index (χ0n) is 20.8. The minimum Gasteiger partial charge on any atom is -0.381 e. The largest absolute Gasteiger partial charge is 0.381 e. The molecule has 1 spiro atoms. The molecule has 1 saturated heterocycles. The molecule has 0 aromatic rings. The van der Waals surface area contributed by atoms with Crippen LogP contribution in [0.2, 0.25) is 0 Å². The van der Waals surface area contributed by atoms with E-state index in [0.717, 1.165) is 57.0 Å². The van der Waals surface area contributed by atoms with Gasteiger partial charge < -0.3 is 14.2 Å². The first kappa shape index (κ1) is 22.4. The van der Waals surface area contributed by atoms with E-state index in [1.165, 1.54) is 44.9 Å². The summed E-state index contributed by atoms with van der Waals surface area (Å²) in [5, 5.41) is 0. The third kappa shape index (κ3) is 3.48. The maximum absolute atomic E-state index is 6.50. The lowest BCUT2D eigenvalue weighted by atomic mass is 9.44. The quantitative estimate of drug-likeness (QED) is 0.463. The summed E-state index contributed by atoms with van der Waals surface area (Å²) in [4.78, 5) is 0. The van der Waals surface area contributed by atoms with E-state index >= 15 is 0 Å². The summed E-state index contributed by atoms with van der Waals surface area (Å²) in [6.45, 7) is 15.0. The van der Waals surface area contributed by atoms with Gasteiger partial charge in [-0.3, -0.25) is 0 Å². The summed E-state index contributed by atoms with van der Waals surface area (Å²) >= 11 is 0. The molecule has 3 heteroatoms. The molecule has 0 amide bonds. The van der Waals surface area contributed by atoms with E-state index in [0.29, 0.717) is 16.7 Å². The molecule has 0 N–H and O–H groups in total. The number of hydrogen-bond donors (Lipinski definition) is 0. The highest BCUT2D eigenvalue weighted by Gasteiger charge is 2.63. The van der Waals surface area contributed by atoms with Gasteiger partial charge in [0.2, 0.25) is 0 Å². The molecule has 4 aliphatic carbocycles. The molecule has 6 atom stereocenters. The Hall–Kier alpha value is -0.380. The summed E-state index contributed by atoms with van der Waals surface area (Å²) < 4.78 is 19.3. The molecule has 3 nitrogen and oxygen atoms in total. The second-order valence-corrected chi connectivity index (χ2v) is 12.7. The predicted molar refractivity (Wildman–Crippen MR) is 125 cm³/mol. The van der Waals surface area contributed by atoms with Crippen molar-refractivity contribution in [2.75, 3.05) is 26.4 Å². The summed E-state index contributed by atoms with van der Waals surface area (Å²) in [6.07, 6.45) is 14.1. The Kier molecular flexibility index (Phi) is 5.67. The zero-order chi connectivity index (χ0) is 21.9. The lowest BCUT2D eigenvalue weighted by molar-refractivity contribution is -0.333. The summed E-state index contributed by atoms with van der Waals surface area (Å²) in [5.74, 6) is 2.95. The van der Waals surface area contributed by atoms with Gasteiger partial charge in [-0.15, -0.1) is 0 Å². The Morgan fingerprint density at radius 1 is 0.968 bits per heavy atom. The lowest BCUT2D eigenvalue weighted by Gasteiger charge is -2.63. The van der Waals surface area contributed by atoms with Crippen molar-refractivity contribution >= 4 is 0 Å². The minimum atomic E-state index is -0.322. The maximum Gasteiger partial charge on any atom is 0.168 e. The van der Waals surface area contributed by atoms with Gasteiger partial charge in [-0.2, -0.15) is 0 Å². The van der Waals surface area contributed by atoms with Crippen LogP contribution in [0.1, 0.15) is 92.4 Å². The molecule has 0 aromatic carbocycles. The minimum absolute atomic E-state index is 0.142. The average Bonchev–Trinajstić information content (AvgIpc) is 3.11. The molecule has 0 radical (unpaired) electrons. The maximum atomic E-state index is 6.50. The van der Waals surface area contributed by atoms with Crippen LogP contribution in [-0.2, 0) is 14.2 Å². The molecule has 5 aliphatic rings. The van der Waals surface area contributed by atoms with Crippen LogP contribution in [0.15, 0.2) is 11.6 Å². The number of allylic oxidation sites excluding steroid dienone is 2. The van der Waals surface area contributed by atoms with Gasteiger partial charge >= 0.3 is 0 Å². The van der Waals surface area contributed by atoms with Gasteiger partial charge in [-0.1, -0.05) is 32.4 Å². The fourth-order valence-electron chi connectivity index (χ4n) is 8.89. The van der Waals surface area contributed by atoms with Crippen LogP contribution in [0, 0.1) is 39.9 Å². The third-order valence-electron chi connectivity index (χ3n) is 10.6. The first-order chi connectivity index (χ1) is 14.8. The van der Waals surface area contributed by atoms with Crippen LogP contribution in [-0.4, -0.2) is 32.2 Å². The van der Waals surface area contributed by atoms with E-state index in [1.54, 1.807) is 5.57 Å². The summed E-state index contributed by atoms with van der Waals surface area (Å²) in [6, 6.07) is 0. The monoisotopic (exact) mass is 430 g/mol. The van der Waals surface area contributed by atoms with Gasteiger partial charge in [0, 0.05) is 30.3 Å². The first-order valence-electron chi connectivity index (χ1n) is 13.3. The SMILES string of the molecule is CC=C1CC[C@H]2[C@@H]3CC[C@@H]4CC5(CC[C@]4(COCC)[C@H]3CC[C@]12C)OCC(C)(C)CO5. The normalized spacial score (nSPS) is 47.1. The molecule has 4 saturated carbocycles. The Bertz CT molecular complexity index is 701. The predicted octanol–water partition coefficient (Wildman–Crippen LogP) is 6.76. The van der Waals surface area contributed by atoms with E-state index in [1.807, 2.05) is 0 Å². The van der Waals surface area contributed by atoms with Crippen LogP contribution < -0.4 is 0 Å². The third-order valence-corrected chi connectivity index (χ3v) is 10.6. The van der Waals surface area contributed by atoms with Crippen molar-refractivity contribution in [1.82, 2.24) is 0 Å². The number of ether oxygens (including phenoxy) is 3. The number of fused-ring (bicyclic) bond motifs is 5. The zero-order valence-corrected chi connectivity index (χ0v) is 20.8. The van der Waals surface area contributed by atoms with Gasteiger partial charge in [0.25, 0.3) is 0 Å². The number of rotatable bonds is 3. The molecular formula is C28H46O3. The molecule has 1 aliphatic heterocycles. The van der Waals surface area contributed by atoms with Crippen LogP contribution in [0.4, 0.5) is 0 Å². The molecule has 5 rings (SSSR count). The fraction of sp³-hybridized carbons (Fsp3) is 0.929. The molecule has 5 fully saturated rings. The van der Waals surface area contributed by atoms with E-state index in [2.05, 4.69) is 40.7 Å². The van der Waals surface area contributed by atoms with Crippen molar-refractivity contribution in [2.45, 2.75) is 98.2 Å². The Balaban J connectivity index is 1.41. The molecule has 0 bridgehead atoms. The van der Waals surface area contributed by atoms with Crippen LogP contribution in [0.5, 0.6) is 0 Å². The highest BCUT2D eigenvalue weighted by Crippen LogP contribution is 2.68. The second kappa shape index (κ2) is 7.84. The van der Waals surface area contributed by atoms with Crippen molar-refractivity contribution < 1.29 is 14.2 Å². The van der Waals surface area contributed by atoms with Gasteiger partial charge in [-0.25, -0.2) is 0 Å². The highest BCUT2D eigenvalue weighted by atomic mass is 16.7. The van der Waals surface area contributed by atoms with Gasteiger partial charge in [-0.05, 0) is 87.9 Å². The van der Waals surface area contributed by atoms with Crippen LogP contribution in [0.3, 0.4) is 0 Å². The summed E-state index contributed by atoms with van der Waals surface area (Å²) in [5.41, 5.74) is 2.70. The topological polar surface area (TPSA) is 27.7 Å². The van der Waals surface area contributed by atoms with Crippen molar-refractivity contribution in [3.05, 3.63) is 11.6 Å². The Labute approximate surface area is 190 Å². The van der Waals surface area contributed by atoms with Crippen molar-refractivity contribution in [3.63, 3.8) is 0 Å². The second-order valence-electron chi connectivity index (χ2n) is 12.7. The molecule has 31 heavy (non-hydrogen) atoms. The van der Waals surface area contributed by atoms with E-state index in [-0.39, 0.29) is 11.2 Å². The molecular weight excluding hydrogens is 384 g/mol. The average molecular weight is 431 g/mol. The first-order valence-corrected chi connectivity index (χ1v) is 13.3. The van der Waals surface area contributed by atoms with Crippen molar-refractivity contribution in [2.24, 2.45) is 39.9 Å². The summed E-state index contributed by atoms with van der Waals surface area (Å²) in [7, 11) is 0. The highest BCUT2D eigenvalue weighted by molar-refractivity contribution is 5.24. The van der Waals surface area contributed by atoms with E-state index < -0.39 is 0 Å². The molecule has 0 aromatic heterocycles. The van der Waals surface area contributed by atoms with Gasteiger partial charge in [0.1, 0.15) is 0 Å². The van der Waals surface area contributed by atoms with Gasteiger partial charge in [0.05, 0.1) is 19.8 Å².